The predicted molar refractivity (Wildman–Crippen MR) is 128 cm³/mol. The second kappa shape index (κ2) is 16.2. The summed E-state index contributed by atoms with van der Waals surface area (Å²) >= 11 is 0. The van der Waals surface area contributed by atoms with Crippen molar-refractivity contribution in [2.45, 2.75) is 50.2 Å². The van der Waals surface area contributed by atoms with E-state index in [-0.39, 0.29) is 49.6 Å². The number of amides is 1. The molecule has 0 aliphatic carbocycles. The molecule has 1 unspecified atom stereocenters. The first-order chi connectivity index (χ1) is 15.5. The molecule has 0 aliphatic heterocycles. The van der Waals surface area contributed by atoms with Crippen LogP contribution in [0.25, 0.3) is 0 Å². The van der Waals surface area contributed by atoms with Gasteiger partial charge in [0.05, 0.1) is 24.7 Å². The highest BCUT2D eigenvalue weighted by Gasteiger charge is 2.30. The molecule has 1 amide bonds. The van der Waals surface area contributed by atoms with Gasteiger partial charge in [-0.05, 0) is 32.1 Å². The van der Waals surface area contributed by atoms with Crippen molar-refractivity contribution in [3.05, 3.63) is 0 Å². The fourth-order valence-corrected chi connectivity index (χ4v) is 2.88. The Hall–Kier alpha value is -3.46. The maximum Gasteiger partial charge on any atom is 0.237 e. The highest BCUT2D eigenvalue weighted by molar-refractivity contribution is 5.92. The van der Waals surface area contributed by atoms with Crippen molar-refractivity contribution in [2.24, 2.45) is 66.8 Å². The molecule has 0 spiro atoms. The minimum atomic E-state index is -0.937. The van der Waals surface area contributed by atoms with Crippen LogP contribution < -0.4 is 51.2 Å². The molecule has 0 aromatic heterocycles. The molecule has 0 saturated carbocycles. The molecule has 0 aromatic rings. The number of nitrogens with zero attached hydrogens (tertiary/aromatic N) is 3. The van der Waals surface area contributed by atoms with Crippen molar-refractivity contribution in [3.63, 3.8) is 0 Å². The van der Waals surface area contributed by atoms with E-state index in [2.05, 4.69) is 20.3 Å². The highest BCUT2D eigenvalue weighted by Crippen LogP contribution is 2.14. The first-order valence-electron chi connectivity index (χ1n) is 10.4. The Bertz CT molecular complexity index is 712. The molecule has 0 heterocycles. The van der Waals surface area contributed by atoms with Crippen LogP contribution in [0.3, 0.4) is 0 Å². The molecule has 17 N–H and O–H groups in total. The number of rotatable bonds is 17. The first kappa shape index (κ1) is 29.5. The molecular weight excluding hydrogens is 432 g/mol. The molecule has 0 rings (SSSR count). The lowest BCUT2D eigenvalue weighted by atomic mass is 9.89. The van der Waals surface area contributed by atoms with Gasteiger partial charge in [0, 0.05) is 19.0 Å². The predicted octanol–water partition coefficient (Wildman–Crippen LogP) is -4.72. The number of guanidine groups is 3. The fourth-order valence-electron chi connectivity index (χ4n) is 2.88. The molecule has 4 atom stereocenters. The van der Waals surface area contributed by atoms with Gasteiger partial charge in [0.15, 0.2) is 23.7 Å². The van der Waals surface area contributed by atoms with Gasteiger partial charge in [-0.2, -0.15) is 0 Å². The standard InChI is InChI=1S/C18H38N12O3/c19-11(9-31)7-10(8-29-18(25)26)14(32)13(4-2-6-28-17(23)24)30-15(33)12(20)3-1-5-27-16(21)22/h9-13H,1-8,19-20H2,(H,30,33)(H4,21,22,27)(H4,23,24,28)(H4,25,26,29)/t10?,11-,12-,13+/m1/s1. The number of nitrogens with two attached hydrogens (primary N) is 8. The second-order valence-electron chi connectivity index (χ2n) is 7.47. The smallest absolute Gasteiger partial charge is 0.237 e. The average molecular weight is 471 g/mol. The number of aliphatic imine (C=N–C) groups is 3. The van der Waals surface area contributed by atoms with E-state index in [4.69, 9.17) is 45.9 Å². The van der Waals surface area contributed by atoms with Gasteiger partial charge in [-0.15, -0.1) is 0 Å². The number of carbonyl (C=O) groups is 3. The minimum absolute atomic E-state index is 0.00392. The number of hydrogen-bond acceptors (Lipinski definition) is 8. The van der Waals surface area contributed by atoms with Crippen LogP contribution in [0, 0.1) is 5.92 Å². The third-order valence-electron chi connectivity index (χ3n) is 4.54. The van der Waals surface area contributed by atoms with Crippen molar-refractivity contribution in [1.29, 1.82) is 0 Å². The Morgan fingerprint density at radius 2 is 1.33 bits per heavy atom. The number of Topliss-reactive ketones (excluding diaryl/α,β-unsaturated/α-hetero) is 1. The number of carbonyl (C=O) groups excluding carboxylic acids is 3. The van der Waals surface area contributed by atoms with Crippen LogP contribution in [0.4, 0.5) is 0 Å². The quantitative estimate of drug-likeness (QED) is 0.0420. The Balaban J connectivity index is 5.39. The Kier molecular flexibility index (Phi) is 14.5. The van der Waals surface area contributed by atoms with Crippen LogP contribution in [0.2, 0.25) is 0 Å². The number of nitrogens with one attached hydrogen (secondary N) is 1. The summed E-state index contributed by atoms with van der Waals surface area (Å²) < 4.78 is 0. The summed E-state index contributed by atoms with van der Waals surface area (Å²) in [7, 11) is 0. The van der Waals surface area contributed by atoms with Gasteiger partial charge in [0.2, 0.25) is 5.91 Å². The zero-order chi connectivity index (χ0) is 25.4. The summed E-state index contributed by atoms with van der Waals surface area (Å²) in [6.07, 6.45) is 1.90. The van der Waals surface area contributed by atoms with E-state index < -0.39 is 30.0 Å². The molecule has 0 saturated heterocycles. The van der Waals surface area contributed by atoms with Crippen molar-refractivity contribution in [2.75, 3.05) is 19.6 Å². The van der Waals surface area contributed by atoms with Crippen molar-refractivity contribution >= 4 is 35.9 Å². The van der Waals surface area contributed by atoms with E-state index in [1.54, 1.807) is 0 Å². The Morgan fingerprint density at radius 1 is 0.818 bits per heavy atom. The van der Waals surface area contributed by atoms with Crippen LogP contribution in [-0.2, 0) is 14.4 Å². The normalized spacial score (nSPS) is 14.1. The molecule has 33 heavy (non-hydrogen) atoms. The van der Waals surface area contributed by atoms with Gasteiger partial charge in [0.1, 0.15) is 6.29 Å². The Morgan fingerprint density at radius 3 is 1.82 bits per heavy atom. The van der Waals surface area contributed by atoms with E-state index in [0.29, 0.717) is 32.1 Å². The monoisotopic (exact) mass is 470 g/mol. The number of ketones is 1. The van der Waals surface area contributed by atoms with Crippen LogP contribution >= 0.6 is 0 Å². The number of hydrogen-bond donors (Lipinski definition) is 9. The summed E-state index contributed by atoms with van der Waals surface area (Å²) in [5, 5.41) is 2.66. The first-order valence-corrected chi connectivity index (χ1v) is 10.4. The second-order valence-corrected chi connectivity index (χ2v) is 7.47. The van der Waals surface area contributed by atoms with Crippen molar-refractivity contribution in [3.8, 4) is 0 Å². The fraction of sp³-hybridized carbons (Fsp3) is 0.667. The molecule has 0 aromatic carbocycles. The maximum absolute atomic E-state index is 13.2. The van der Waals surface area contributed by atoms with Gasteiger partial charge >= 0.3 is 0 Å². The van der Waals surface area contributed by atoms with E-state index in [1.165, 1.54) is 0 Å². The summed E-state index contributed by atoms with van der Waals surface area (Å²) in [6.45, 7) is 0.473. The molecule has 15 nitrogen and oxygen atoms in total. The topological polar surface area (TPSA) is 308 Å². The molecule has 0 fully saturated rings. The van der Waals surface area contributed by atoms with Gasteiger partial charge in [-0.25, -0.2) is 0 Å². The summed E-state index contributed by atoms with van der Waals surface area (Å²) in [6, 6.07) is -2.72. The van der Waals surface area contributed by atoms with E-state index in [9.17, 15) is 14.4 Å². The SMILES string of the molecule is NC(N)=NCCC[C@@H](N)C(=O)N[C@@H](CCCN=C(N)N)C(=O)C(CN=C(N)N)C[C@@H](N)C=O. The van der Waals surface area contributed by atoms with Crippen LogP contribution in [0.1, 0.15) is 32.1 Å². The van der Waals surface area contributed by atoms with Gasteiger partial charge in [-0.3, -0.25) is 24.6 Å². The zero-order valence-electron chi connectivity index (χ0n) is 18.7. The molecule has 0 aliphatic rings. The van der Waals surface area contributed by atoms with Gasteiger partial charge < -0.3 is 56.0 Å². The van der Waals surface area contributed by atoms with Crippen LogP contribution in [0.15, 0.2) is 15.0 Å². The molecular formula is C18H38N12O3. The highest BCUT2D eigenvalue weighted by atomic mass is 16.2. The molecule has 15 heteroatoms. The van der Waals surface area contributed by atoms with E-state index in [1.807, 2.05) is 0 Å². The lowest BCUT2D eigenvalue weighted by Gasteiger charge is -2.24. The third-order valence-corrected chi connectivity index (χ3v) is 4.54. The van der Waals surface area contributed by atoms with E-state index >= 15 is 0 Å². The third kappa shape index (κ3) is 14.3. The molecule has 0 bridgehead atoms. The number of aldehydes is 1. The molecule has 0 radical (unpaired) electrons. The zero-order valence-corrected chi connectivity index (χ0v) is 18.7. The minimum Gasteiger partial charge on any atom is -0.370 e. The van der Waals surface area contributed by atoms with Crippen LogP contribution in [0.5, 0.6) is 0 Å². The van der Waals surface area contributed by atoms with Gasteiger partial charge in [0.25, 0.3) is 0 Å². The van der Waals surface area contributed by atoms with Crippen molar-refractivity contribution < 1.29 is 14.4 Å². The molecule has 188 valence electrons. The van der Waals surface area contributed by atoms with Crippen LogP contribution in [-0.4, -0.2) is 73.6 Å². The average Bonchev–Trinajstić information content (AvgIpc) is 2.74. The summed E-state index contributed by atoms with van der Waals surface area (Å²) in [4.78, 5) is 48.4. The Labute approximate surface area is 192 Å². The maximum atomic E-state index is 13.2. The largest absolute Gasteiger partial charge is 0.370 e. The van der Waals surface area contributed by atoms with Crippen molar-refractivity contribution in [1.82, 2.24) is 5.32 Å². The van der Waals surface area contributed by atoms with Gasteiger partial charge in [-0.1, -0.05) is 0 Å². The lowest BCUT2D eigenvalue weighted by Crippen LogP contribution is -2.50. The summed E-state index contributed by atoms with van der Waals surface area (Å²) in [5.41, 5.74) is 43.5. The van der Waals surface area contributed by atoms with E-state index in [0.717, 1.165) is 0 Å². The lowest BCUT2D eigenvalue weighted by molar-refractivity contribution is -0.131. The summed E-state index contributed by atoms with van der Waals surface area (Å²) in [5.74, 6) is -2.09.